The van der Waals surface area contributed by atoms with Crippen LogP contribution in [-0.2, 0) is 9.53 Å². The van der Waals surface area contributed by atoms with Gasteiger partial charge in [-0.05, 0) is 17.0 Å². The molecule has 0 aliphatic heterocycles. The van der Waals surface area contributed by atoms with Crippen LogP contribution in [0.25, 0.3) is 0 Å². The predicted molar refractivity (Wildman–Crippen MR) is 107 cm³/mol. The maximum atomic E-state index is 12.4. The number of carbonyl (C=O) groups excluding carboxylic acids is 2. The topological polar surface area (TPSA) is 67.4 Å². The highest BCUT2D eigenvalue weighted by Crippen LogP contribution is 2.23. The zero-order valence-electron chi connectivity index (χ0n) is 16.1. The Kier molecular flexibility index (Phi) is 7.86. The van der Waals surface area contributed by atoms with Crippen molar-refractivity contribution in [2.75, 3.05) is 13.7 Å². The molecule has 0 aromatic heterocycles. The van der Waals surface area contributed by atoms with Gasteiger partial charge in [0.25, 0.3) is 0 Å². The molecule has 0 spiro atoms. The molecule has 27 heavy (non-hydrogen) atoms. The molecule has 0 aliphatic rings. The van der Waals surface area contributed by atoms with Gasteiger partial charge in [0.05, 0.1) is 7.11 Å². The van der Waals surface area contributed by atoms with E-state index < -0.39 is 12.0 Å². The molecule has 0 heterocycles. The van der Waals surface area contributed by atoms with E-state index >= 15 is 0 Å². The van der Waals surface area contributed by atoms with Crippen molar-refractivity contribution in [3.05, 3.63) is 71.8 Å². The van der Waals surface area contributed by atoms with Crippen LogP contribution in [0.5, 0.6) is 0 Å². The Bertz CT molecular complexity index is 679. The molecular weight excluding hydrogens is 340 g/mol. The molecule has 2 N–H and O–H groups in total. The summed E-state index contributed by atoms with van der Waals surface area (Å²) in [7, 11) is 1.33. The zero-order chi connectivity index (χ0) is 19.6. The van der Waals surface area contributed by atoms with Crippen LogP contribution in [0.15, 0.2) is 60.7 Å². The Labute approximate surface area is 161 Å². The number of benzene rings is 2. The summed E-state index contributed by atoms with van der Waals surface area (Å²) in [5.41, 5.74) is 2.24. The fraction of sp³-hybridized carbons (Fsp3) is 0.364. The molecule has 2 rings (SSSR count). The molecule has 144 valence electrons. The second kappa shape index (κ2) is 10.4. The largest absolute Gasteiger partial charge is 0.467 e. The summed E-state index contributed by atoms with van der Waals surface area (Å²) < 4.78 is 4.82. The summed E-state index contributed by atoms with van der Waals surface area (Å²) >= 11 is 0. The Hall–Kier alpha value is -2.82. The van der Waals surface area contributed by atoms with Crippen molar-refractivity contribution in [3.8, 4) is 0 Å². The minimum atomic E-state index is -0.660. The molecular formula is C22H28N2O3. The Balaban J connectivity index is 2.08. The first-order valence-electron chi connectivity index (χ1n) is 9.28. The fourth-order valence-electron chi connectivity index (χ4n) is 2.98. The van der Waals surface area contributed by atoms with Crippen molar-refractivity contribution < 1.29 is 14.3 Å². The minimum Gasteiger partial charge on any atom is -0.467 e. The molecule has 2 aromatic carbocycles. The van der Waals surface area contributed by atoms with E-state index in [-0.39, 0.29) is 17.9 Å². The lowest BCUT2D eigenvalue weighted by Gasteiger charge is -2.23. The van der Waals surface area contributed by atoms with Gasteiger partial charge in [-0.1, -0.05) is 80.9 Å². The van der Waals surface area contributed by atoms with E-state index in [0.29, 0.717) is 6.54 Å². The first-order chi connectivity index (χ1) is 13.1. The van der Waals surface area contributed by atoms with Gasteiger partial charge in [0.1, 0.15) is 6.04 Å². The Morgan fingerprint density at radius 3 is 1.93 bits per heavy atom. The number of amides is 2. The molecule has 5 nitrogen and oxygen atoms in total. The van der Waals surface area contributed by atoms with Crippen LogP contribution in [0.2, 0.25) is 0 Å². The van der Waals surface area contributed by atoms with Crippen LogP contribution < -0.4 is 10.6 Å². The van der Waals surface area contributed by atoms with Gasteiger partial charge in [-0.2, -0.15) is 0 Å². The number of hydrogen-bond acceptors (Lipinski definition) is 3. The van der Waals surface area contributed by atoms with E-state index in [9.17, 15) is 9.59 Å². The highest BCUT2D eigenvalue weighted by Gasteiger charge is 2.27. The minimum absolute atomic E-state index is 0.0118. The molecule has 0 aliphatic carbocycles. The third kappa shape index (κ3) is 5.84. The van der Waals surface area contributed by atoms with E-state index in [1.807, 2.05) is 74.5 Å². The van der Waals surface area contributed by atoms with E-state index in [1.165, 1.54) is 7.11 Å². The summed E-state index contributed by atoms with van der Waals surface area (Å²) in [6.07, 6.45) is 0.761. The third-order valence-electron chi connectivity index (χ3n) is 4.83. The van der Waals surface area contributed by atoms with Gasteiger partial charge in [-0.3, -0.25) is 0 Å². The van der Waals surface area contributed by atoms with Gasteiger partial charge in [0.2, 0.25) is 0 Å². The van der Waals surface area contributed by atoms with Gasteiger partial charge >= 0.3 is 12.0 Å². The van der Waals surface area contributed by atoms with E-state index in [4.69, 9.17) is 4.74 Å². The van der Waals surface area contributed by atoms with Crippen molar-refractivity contribution in [1.29, 1.82) is 0 Å². The van der Waals surface area contributed by atoms with Gasteiger partial charge < -0.3 is 15.4 Å². The van der Waals surface area contributed by atoms with Crippen LogP contribution in [0.4, 0.5) is 4.79 Å². The standard InChI is InChI=1S/C22H28N2O3/c1-4-16(2)20(21(25)27-3)24-22(26)23-15-19(17-11-7-5-8-12-17)18-13-9-6-10-14-18/h5-14,16,19-20H,4,15H2,1-3H3,(H2,23,24,26)/t16-,20+/m1/s1. The number of rotatable bonds is 8. The summed E-state index contributed by atoms with van der Waals surface area (Å²) in [4.78, 5) is 24.4. The van der Waals surface area contributed by atoms with Crippen LogP contribution in [0.1, 0.15) is 37.3 Å². The van der Waals surface area contributed by atoms with Crippen LogP contribution in [-0.4, -0.2) is 31.7 Å². The molecule has 0 saturated heterocycles. The SMILES string of the molecule is CC[C@@H](C)[C@H](NC(=O)NCC(c1ccccc1)c1ccccc1)C(=O)OC. The average Bonchev–Trinajstić information content (AvgIpc) is 2.72. The van der Waals surface area contributed by atoms with Crippen molar-refractivity contribution >= 4 is 12.0 Å². The lowest BCUT2D eigenvalue weighted by Crippen LogP contribution is -2.50. The molecule has 0 unspecified atom stereocenters. The van der Waals surface area contributed by atoms with Crippen LogP contribution >= 0.6 is 0 Å². The molecule has 0 bridgehead atoms. The summed E-state index contributed by atoms with van der Waals surface area (Å²) in [6.45, 7) is 4.31. The normalized spacial score (nSPS) is 12.9. The van der Waals surface area contributed by atoms with Crippen molar-refractivity contribution in [1.82, 2.24) is 10.6 Å². The molecule has 0 radical (unpaired) electrons. The highest BCUT2D eigenvalue weighted by atomic mass is 16.5. The second-order valence-electron chi connectivity index (χ2n) is 6.61. The maximum absolute atomic E-state index is 12.4. The fourth-order valence-corrected chi connectivity index (χ4v) is 2.98. The van der Waals surface area contributed by atoms with Gasteiger partial charge in [0, 0.05) is 12.5 Å². The first-order valence-corrected chi connectivity index (χ1v) is 9.28. The van der Waals surface area contributed by atoms with Crippen molar-refractivity contribution in [2.24, 2.45) is 5.92 Å². The summed E-state index contributed by atoms with van der Waals surface area (Å²) in [6, 6.07) is 19.1. The monoisotopic (exact) mass is 368 g/mol. The maximum Gasteiger partial charge on any atom is 0.328 e. The van der Waals surface area contributed by atoms with E-state index in [1.54, 1.807) is 0 Å². The quantitative estimate of drug-likeness (QED) is 0.698. The number of urea groups is 1. The highest BCUT2D eigenvalue weighted by molar-refractivity contribution is 5.83. The summed E-state index contributed by atoms with van der Waals surface area (Å²) in [5, 5.41) is 5.66. The average molecular weight is 368 g/mol. The van der Waals surface area contributed by atoms with Crippen molar-refractivity contribution in [3.63, 3.8) is 0 Å². The number of esters is 1. The molecule has 2 aromatic rings. The number of ether oxygens (including phenoxy) is 1. The molecule has 0 saturated carbocycles. The third-order valence-corrected chi connectivity index (χ3v) is 4.83. The second-order valence-corrected chi connectivity index (χ2v) is 6.61. The van der Waals surface area contributed by atoms with Crippen LogP contribution in [0, 0.1) is 5.92 Å². The molecule has 0 fully saturated rings. The number of hydrogen-bond donors (Lipinski definition) is 2. The van der Waals surface area contributed by atoms with Gasteiger partial charge in [-0.15, -0.1) is 0 Å². The van der Waals surface area contributed by atoms with Gasteiger partial charge in [-0.25, -0.2) is 9.59 Å². The Morgan fingerprint density at radius 1 is 0.963 bits per heavy atom. The predicted octanol–water partition coefficient (Wildman–Crippen LogP) is 3.71. The lowest BCUT2D eigenvalue weighted by molar-refractivity contribution is -0.144. The number of methoxy groups -OCH3 is 1. The van der Waals surface area contributed by atoms with Crippen molar-refractivity contribution in [2.45, 2.75) is 32.2 Å². The molecule has 2 amide bonds. The summed E-state index contributed by atoms with van der Waals surface area (Å²) in [5.74, 6) is -0.414. The lowest BCUT2D eigenvalue weighted by atomic mass is 9.91. The number of carbonyl (C=O) groups is 2. The first kappa shape index (κ1) is 20.5. The molecule has 5 heteroatoms. The Morgan fingerprint density at radius 2 is 1.48 bits per heavy atom. The smallest absolute Gasteiger partial charge is 0.328 e. The van der Waals surface area contributed by atoms with E-state index in [0.717, 1.165) is 17.5 Å². The van der Waals surface area contributed by atoms with Gasteiger partial charge in [0.15, 0.2) is 0 Å². The zero-order valence-corrected chi connectivity index (χ0v) is 16.1. The van der Waals surface area contributed by atoms with Crippen LogP contribution in [0.3, 0.4) is 0 Å². The molecule has 2 atom stereocenters. The van der Waals surface area contributed by atoms with E-state index in [2.05, 4.69) is 10.6 Å². The number of nitrogens with one attached hydrogen (secondary N) is 2.